The average molecular weight is 763 g/mol. The zero-order chi connectivity index (χ0) is 39.7. The van der Waals surface area contributed by atoms with E-state index >= 15 is 0 Å². The molecule has 7 atom stereocenters. The topological polar surface area (TPSA) is 260 Å². The Morgan fingerprint density at radius 3 is 2.53 bits per heavy atom. The fourth-order valence-corrected chi connectivity index (χ4v) is 8.03. The summed E-state index contributed by atoms with van der Waals surface area (Å²) >= 11 is 0. The van der Waals surface area contributed by atoms with Crippen LogP contribution in [0.2, 0.25) is 0 Å². The van der Waals surface area contributed by atoms with Crippen molar-refractivity contribution in [2.24, 2.45) is 5.92 Å². The normalized spacial score (nSPS) is 27.2. The molecule has 0 saturated heterocycles. The Kier molecular flexibility index (Phi) is 9.48. The largest absolute Gasteiger partial charge is 0.485 e. The molecule has 0 radical (unpaired) electrons. The Morgan fingerprint density at radius 2 is 1.85 bits per heavy atom. The number of fused-ring (bicyclic) bond motifs is 4. The number of cyclic esters (lactones) is 1. The highest BCUT2D eigenvalue weighted by molar-refractivity contribution is 6.01. The van der Waals surface area contributed by atoms with Crippen LogP contribution >= 0.6 is 0 Å². The Morgan fingerprint density at radius 1 is 1.11 bits per heavy atom. The van der Waals surface area contributed by atoms with E-state index in [9.17, 15) is 54.8 Å². The van der Waals surface area contributed by atoms with E-state index < -0.39 is 77.0 Å². The molecule has 290 valence electrons. The van der Waals surface area contributed by atoms with Gasteiger partial charge in [-0.2, -0.15) is 0 Å². The number of nitro groups is 1. The second kappa shape index (κ2) is 13.9. The molecule has 2 aromatic carbocycles. The standard InChI is InChI=1S/C37H38N4O14/c1-4-18-19-11-17(7-8-24(19)38-29-21(18)14-40-26(29)13-23-22(33(40)45)15-53-35(48)37(23,50)5-2)54-36(49)39(3)25-10-16(41(51)52)6-9-27(25)55-28-12-20(34(46)47)30(42)32(44)31(28)43/h6-11,20,26,28,30-32,42-44,50H,4-5,12-15H2,1-3H3,(H,46,47)/t20?,26?,28?,30?,31?,32?,37-/m0/s1. The van der Waals surface area contributed by atoms with Gasteiger partial charge in [-0.05, 0) is 60.2 Å². The molecule has 1 fully saturated rings. The first-order valence-electron chi connectivity index (χ1n) is 17.7. The molecule has 1 saturated carbocycles. The van der Waals surface area contributed by atoms with Gasteiger partial charge in [0.1, 0.15) is 36.4 Å². The first kappa shape index (κ1) is 37.6. The van der Waals surface area contributed by atoms with Gasteiger partial charge in [-0.3, -0.25) is 29.6 Å². The average Bonchev–Trinajstić information content (AvgIpc) is 3.53. The number of benzene rings is 2. The molecule has 4 heterocycles. The van der Waals surface area contributed by atoms with Crippen LogP contribution in [0.1, 0.15) is 56.0 Å². The number of nitrogens with zero attached hydrogens (tertiary/aromatic N) is 4. The number of carbonyl (C=O) groups is 4. The predicted molar refractivity (Wildman–Crippen MR) is 188 cm³/mol. The van der Waals surface area contributed by atoms with Crippen LogP contribution in [-0.2, 0) is 32.1 Å². The minimum atomic E-state index is -1.90. The van der Waals surface area contributed by atoms with Gasteiger partial charge in [0.2, 0.25) is 0 Å². The molecule has 4 aliphatic rings. The van der Waals surface area contributed by atoms with Crippen molar-refractivity contribution in [1.82, 2.24) is 9.88 Å². The molecular formula is C37H38N4O14. The monoisotopic (exact) mass is 762 g/mol. The maximum absolute atomic E-state index is 13.7. The van der Waals surface area contributed by atoms with Crippen molar-refractivity contribution in [2.45, 2.75) is 82.1 Å². The number of carbonyl (C=O) groups excluding carboxylic acids is 3. The van der Waals surface area contributed by atoms with Gasteiger partial charge in [0.25, 0.3) is 11.6 Å². The molecule has 0 spiro atoms. The number of aryl methyl sites for hydroxylation is 1. The number of aliphatic hydroxyl groups is 4. The number of esters is 1. The van der Waals surface area contributed by atoms with E-state index in [1.54, 1.807) is 24.0 Å². The lowest BCUT2D eigenvalue weighted by molar-refractivity contribution is -0.384. The number of pyridine rings is 1. The van der Waals surface area contributed by atoms with Crippen LogP contribution < -0.4 is 14.4 Å². The third-order valence-electron chi connectivity index (χ3n) is 11.1. The summed E-state index contributed by atoms with van der Waals surface area (Å²) in [6, 6.07) is 7.50. The van der Waals surface area contributed by atoms with Crippen LogP contribution in [0.25, 0.3) is 10.9 Å². The molecule has 5 N–H and O–H groups in total. The van der Waals surface area contributed by atoms with Crippen LogP contribution in [0.15, 0.2) is 47.5 Å². The molecule has 55 heavy (non-hydrogen) atoms. The molecule has 6 unspecified atom stereocenters. The minimum absolute atomic E-state index is 0.0427. The highest BCUT2D eigenvalue weighted by Gasteiger charge is 2.53. The van der Waals surface area contributed by atoms with E-state index in [1.165, 1.54) is 13.1 Å². The quantitative estimate of drug-likeness (QED) is 0.125. The first-order valence-corrected chi connectivity index (χ1v) is 17.7. The van der Waals surface area contributed by atoms with Crippen molar-refractivity contribution < 1.29 is 63.8 Å². The lowest BCUT2D eigenvalue weighted by Gasteiger charge is -2.41. The molecule has 0 bridgehead atoms. The maximum atomic E-state index is 13.7. The summed E-state index contributed by atoms with van der Waals surface area (Å²) in [5.41, 5.74) is 0.943. The Labute approximate surface area is 312 Å². The Hall–Kier alpha value is -5.69. The zero-order valence-electron chi connectivity index (χ0n) is 29.9. The second-order valence-electron chi connectivity index (χ2n) is 14.0. The number of hydrogen-bond donors (Lipinski definition) is 5. The van der Waals surface area contributed by atoms with Gasteiger partial charge < -0.3 is 44.6 Å². The number of aromatic nitrogens is 1. The maximum Gasteiger partial charge on any atom is 0.419 e. The molecule has 18 nitrogen and oxygen atoms in total. The van der Waals surface area contributed by atoms with E-state index in [-0.39, 0.29) is 54.7 Å². The predicted octanol–water partition coefficient (Wildman–Crippen LogP) is 2.06. The van der Waals surface area contributed by atoms with Crippen molar-refractivity contribution >= 4 is 46.2 Å². The molecular weight excluding hydrogens is 724 g/mol. The molecule has 1 aliphatic carbocycles. The van der Waals surface area contributed by atoms with Crippen LogP contribution in [0.4, 0.5) is 16.2 Å². The van der Waals surface area contributed by atoms with Gasteiger partial charge in [-0.1, -0.05) is 13.8 Å². The number of hydrogen-bond acceptors (Lipinski definition) is 14. The van der Waals surface area contributed by atoms with Crippen molar-refractivity contribution in [3.63, 3.8) is 0 Å². The summed E-state index contributed by atoms with van der Waals surface area (Å²) < 4.78 is 16.8. The summed E-state index contributed by atoms with van der Waals surface area (Å²) in [5, 5.41) is 64.2. The number of carboxylic acids is 1. The van der Waals surface area contributed by atoms with Crippen LogP contribution in [-0.4, -0.2) is 108 Å². The van der Waals surface area contributed by atoms with Gasteiger partial charge in [-0.15, -0.1) is 0 Å². The molecule has 1 aromatic heterocycles. The highest BCUT2D eigenvalue weighted by Crippen LogP contribution is 2.49. The van der Waals surface area contributed by atoms with E-state index in [0.29, 0.717) is 28.6 Å². The molecule has 18 heteroatoms. The number of anilines is 1. The minimum Gasteiger partial charge on any atom is -0.485 e. The van der Waals surface area contributed by atoms with E-state index in [4.69, 9.17) is 19.2 Å². The number of non-ortho nitro benzene ring substituents is 1. The van der Waals surface area contributed by atoms with Gasteiger partial charge in [-0.25, -0.2) is 9.59 Å². The van der Waals surface area contributed by atoms with Gasteiger partial charge in [0.05, 0.1) is 45.5 Å². The summed E-state index contributed by atoms with van der Waals surface area (Å²) in [7, 11) is 1.26. The van der Waals surface area contributed by atoms with Crippen molar-refractivity contribution in [3.8, 4) is 11.5 Å². The third kappa shape index (κ3) is 6.10. The molecule has 2 amide bonds. The number of nitro benzene ring substituents is 1. The zero-order valence-corrected chi connectivity index (χ0v) is 29.9. The van der Waals surface area contributed by atoms with Crippen LogP contribution in [0.5, 0.6) is 11.5 Å². The van der Waals surface area contributed by atoms with Gasteiger partial charge in [0.15, 0.2) is 5.60 Å². The van der Waals surface area contributed by atoms with Gasteiger partial charge in [0, 0.05) is 37.5 Å². The fourth-order valence-electron chi connectivity index (χ4n) is 8.03. The smallest absolute Gasteiger partial charge is 0.419 e. The summed E-state index contributed by atoms with van der Waals surface area (Å²) in [6.07, 6.45) is -7.41. The van der Waals surface area contributed by atoms with Crippen LogP contribution in [0.3, 0.4) is 0 Å². The Bertz CT molecular complexity index is 2190. The molecule has 3 aliphatic heterocycles. The summed E-state index contributed by atoms with van der Waals surface area (Å²) in [6.45, 7) is 3.58. The van der Waals surface area contributed by atoms with Crippen molar-refractivity contribution in [3.05, 3.63) is 74.5 Å². The summed E-state index contributed by atoms with van der Waals surface area (Å²) in [4.78, 5) is 70.1. The van der Waals surface area contributed by atoms with Crippen molar-refractivity contribution in [1.29, 1.82) is 0 Å². The van der Waals surface area contributed by atoms with E-state index in [2.05, 4.69) is 0 Å². The molecule has 3 aromatic rings. The lowest BCUT2D eigenvalue weighted by atomic mass is 9.79. The number of ether oxygens (including phenoxy) is 3. The Balaban J connectivity index is 1.17. The number of rotatable bonds is 8. The number of aliphatic hydroxyl groups excluding tert-OH is 3. The lowest BCUT2D eigenvalue weighted by Crippen LogP contribution is -2.57. The first-order chi connectivity index (χ1) is 26.1. The molecule has 7 rings (SSSR count). The summed E-state index contributed by atoms with van der Waals surface area (Å²) in [5.74, 6) is -4.14. The highest BCUT2D eigenvalue weighted by atomic mass is 16.6. The van der Waals surface area contributed by atoms with Crippen molar-refractivity contribution in [2.75, 3.05) is 18.6 Å². The SMILES string of the molecule is CCc1c2c(nc3ccc(OC(=O)N(C)c4cc([N+](=O)[O-])ccc4OC4CC(C(=O)O)C(O)C(O)C4O)cc13)C1CC3=C(COC(=O)[C@]3(O)CC)C(=O)N1C2. The number of carboxylic acid groups (broad SMARTS) is 1. The second-order valence-corrected chi connectivity index (χ2v) is 14.0. The van der Waals surface area contributed by atoms with Crippen LogP contribution in [0, 0.1) is 16.0 Å². The van der Waals surface area contributed by atoms with Gasteiger partial charge >= 0.3 is 18.0 Å². The third-order valence-corrected chi connectivity index (χ3v) is 11.1. The number of amides is 2. The fraction of sp³-hybridized carbons (Fsp3) is 0.432. The van der Waals surface area contributed by atoms with E-state index in [1.807, 2.05) is 6.92 Å². The number of aliphatic carboxylic acids is 1. The van der Waals surface area contributed by atoms with E-state index in [0.717, 1.165) is 34.2 Å².